The molecule has 0 saturated heterocycles. The van der Waals surface area contributed by atoms with E-state index in [4.69, 9.17) is 17.3 Å². The molecule has 1 nitrogen and oxygen atoms in total. The van der Waals surface area contributed by atoms with Gasteiger partial charge in [0.25, 0.3) is 0 Å². The summed E-state index contributed by atoms with van der Waals surface area (Å²) in [7, 11) is 0. The fraction of sp³-hybridized carbons (Fsp3) is 0.294. The highest BCUT2D eigenvalue weighted by Crippen LogP contribution is 2.29. The zero-order valence-electron chi connectivity index (χ0n) is 12.1. The number of halogens is 1. The molecular weight excluding hydrogens is 286 g/mol. The van der Waals surface area contributed by atoms with E-state index >= 15 is 0 Å². The number of thioether (sulfide) groups is 1. The maximum Gasteiger partial charge on any atom is 0.0426 e. The maximum absolute atomic E-state index is 5.97. The number of benzene rings is 2. The van der Waals surface area contributed by atoms with Crippen molar-refractivity contribution in [1.82, 2.24) is 0 Å². The van der Waals surface area contributed by atoms with Gasteiger partial charge in [0.15, 0.2) is 0 Å². The summed E-state index contributed by atoms with van der Waals surface area (Å²) in [4.78, 5) is 1.26. The van der Waals surface area contributed by atoms with Crippen molar-refractivity contribution in [2.45, 2.75) is 36.8 Å². The van der Waals surface area contributed by atoms with E-state index < -0.39 is 0 Å². The number of hydrogen-bond acceptors (Lipinski definition) is 2. The van der Waals surface area contributed by atoms with Gasteiger partial charge in [0, 0.05) is 21.4 Å². The van der Waals surface area contributed by atoms with E-state index in [-0.39, 0.29) is 5.41 Å². The van der Waals surface area contributed by atoms with Crippen LogP contribution >= 0.6 is 23.4 Å². The number of anilines is 1. The van der Waals surface area contributed by atoms with Crippen LogP contribution in [0.2, 0.25) is 5.02 Å². The molecule has 0 aliphatic rings. The van der Waals surface area contributed by atoms with Crippen LogP contribution < -0.4 is 5.73 Å². The molecule has 2 rings (SSSR count). The Kier molecular flexibility index (Phi) is 4.66. The fourth-order valence-electron chi connectivity index (χ4n) is 1.91. The quantitative estimate of drug-likeness (QED) is 0.597. The zero-order chi connectivity index (χ0) is 14.8. The van der Waals surface area contributed by atoms with Crippen molar-refractivity contribution in [2.75, 3.05) is 5.73 Å². The second kappa shape index (κ2) is 6.11. The first-order valence-corrected chi connectivity index (χ1v) is 8.00. The van der Waals surface area contributed by atoms with Gasteiger partial charge in [0.2, 0.25) is 0 Å². The molecule has 0 heterocycles. The van der Waals surface area contributed by atoms with Crippen molar-refractivity contribution in [1.29, 1.82) is 0 Å². The topological polar surface area (TPSA) is 26.0 Å². The van der Waals surface area contributed by atoms with Crippen molar-refractivity contribution >= 4 is 29.1 Å². The molecule has 20 heavy (non-hydrogen) atoms. The SMILES string of the molecule is CC(C)(C)c1ccc(SCc2ccc(Cl)cc2N)cc1. The van der Waals surface area contributed by atoms with Gasteiger partial charge in [-0.1, -0.05) is 50.6 Å². The maximum atomic E-state index is 5.97. The Hall–Kier alpha value is -1.12. The molecule has 0 unspecified atom stereocenters. The van der Waals surface area contributed by atoms with E-state index in [1.165, 1.54) is 10.5 Å². The Labute approximate surface area is 130 Å². The van der Waals surface area contributed by atoms with E-state index in [2.05, 4.69) is 45.0 Å². The van der Waals surface area contributed by atoms with E-state index in [0.29, 0.717) is 5.02 Å². The van der Waals surface area contributed by atoms with Crippen molar-refractivity contribution in [2.24, 2.45) is 0 Å². The van der Waals surface area contributed by atoms with Gasteiger partial charge in [0.05, 0.1) is 0 Å². The molecule has 0 amide bonds. The van der Waals surface area contributed by atoms with Crippen LogP contribution in [-0.2, 0) is 11.2 Å². The van der Waals surface area contributed by atoms with Gasteiger partial charge in [-0.15, -0.1) is 11.8 Å². The molecule has 2 aromatic carbocycles. The molecule has 0 aliphatic heterocycles. The van der Waals surface area contributed by atoms with Crippen molar-refractivity contribution in [3.8, 4) is 0 Å². The number of hydrogen-bond donors (Lipinski definition) is 1. The van der Waals surface area contributed by atoms with Crippen LogP contribution in [0.25, 0.3) is 0 Å². The van der Waals surface area contributed by atoms with Crippen LogP contribution in [0.4, 0.5) is 5.69 Å². The van der Waals surface area contributed by atoms with Crippen LogP contribution in [0.5, 0.6) is 0 Å². The van der Waals surface area contributed by atoms with Gasteiger partial charge < -0.3 is 5.73 Å². The van der Waals surface area contributed by atoms with Crippen LogP contribution in [0.1, 0.15) is 31.9 Å². The molecule has 0 atom stereocenters. The predicted octanol–water partition coefficient (Wildman–Crippen LogP) is 5.51. The molecule has 0 aliphatic carbocycles. The highest BCUT2D eigenvalue weighted by atomic mass is 35.5. The third kappa shape index (κ3) is 3.94. The lowest BCUT2D eigenvalue weighted by Gasteiger charge is -2.19. The largest absolute Gasteiger partial charge is 0.398 e. The van der Waals surface area contributed by atoms with Crippen LogP contribution in [0.3, 0.4) is 0 Å². The summed E-state index contributed by atoms with van der Waals surface area (Å²) in [6.07, 6.45) is 0. The summed E-state index contributed by atoms with van der Waals surface area (Å²) in [5.74, 6) is 0.859. The lowest BCUT2D eigenvalue weighted by molar-refractivity contribution is 0.590. The van der Waals surface area contributed by atoms with Gasteiger partial charge in [-0.25, -0.2) is 0 Å². The number of nitrogens with two attached hydrogens (primary N) is 1. The Morgan fingerprint density at radius 1 is 1.05 bits per heavy atom. The third-order valence-corrected chi connectivity index (χ3v) is 4.52. The normalized spacial score (nSPS) is 11.6. The zero-order valence-corrected chi connectivity index (χ0v) is 13.7. The number of nitrogen functional groups attached to an aromatic ring is 1. The van der Waals surface area contributed by atoms with Crippen molar-refractivity contribution in [3.63, 3.8) is 0 Å². The third-order valence-electron chi connectivity index (χ3n) is 3.22. The van der Waals surface area contributed by atoms with Gasteiger partial charge in [0.1, 0.15) is 0 Å². The average molecular weight is 306 g/mol. The van der Waals surface area contributed by atoms with Gasteiger partial charge >= 0.3 is 0 Å². The molecule has 0 saturated carbocycles. The Morgan fingerprint density at radius 2 is 1.70 bits per heavy atom. The molecular formula is C17H20ClNS. The minimum Gasteiger partial charge on any atom is -0.398 e. The summed E-state index contributed by atoms with van der Waals surface area (Å²) in [6.45, 7) is 6.68. The first-order chi connectivity index (χ1) is 9.36. The van der Waals surface area contributed by atoms with Crippen molar-refractivity contribution < 1.29 is 0 Å². The lowest BCUT2D eigenvalue weighted by atomic mass is 9.87. The van der Waals surface area contributed by atoms with E-state index in [9.17, 15) is 0 Å². The summed E-state index contributed by atoms with van der Waals surface area (Å²) >= 11 is 7.70. The second-order valence-corrected chi connectivity index (χ2v) is 7.39. The van der Waals surface area contributed by atoms with Crippen LogP contribution in [0.15, 0.2) is 47.4 Å². The predicted molar refractivity (Wildman–Crippen MR) is 90.6 cm³/mol. The Bertz CT molecular complexity index is 585. The first kappa shape index (κ1) is 15.3. The minimum atomic E-state index is 0.198. The van der Waals surface area contributed by atoms with Crippen molar-refractivity contribution in [3.05, 3.63) is 58.6 Å². The molecule has 3 heteroatoms. The highest BCUT2D eigenvalue weighted by molar-refractivity contribution is 7.98. The summed E-state index contributed by atoms with van der Waals surface area (Å²) < 4.78 is 0. The molecule has 0 fully saturated rings. The minimum absolute atomic E-state index is 0.198. The molecule has 106 valence electrons. The number of rotatable bonds is 3. The smallest absolute Gasteiger partial charge is 0.0426 e. The highest BCUT2D eigenvalue weighted by Gasteiger charge is 2.12. The first-order valence-electron chi connectivity index (χ1n) is 6.63. The van der Waals surface area contributed by atoms with Crippen LogP contribution in [0, 0.1) is 0 Å². The molecule has 2 aromatic rings. The van der Waals surface area contributed by atoms with E-state index in [1.807, 2.05) is 12.1 Å². The molecule has 0 bridgehead atoms. The molecule has 0 radical (unpaired) electrons. The Balaban J connectivity index is 2.04. The lowest BCUT2D eigenvalue weighted by Crippen LogP contribution is -2.10. The van der Waals surface area contributed by atoms with Gasteiger partial charge in [-0.05, 0) is 40.8 Å². The molecule has 2 N–H and O–H groups in total. The van der Waals surface area contributed by atoms with Gasteiger partial charge in [-0.2, -0.15) is 0 Å². The van der Waals surface area contributed by atoms with E-state index in [1.54, 1.807) is 17.8 Å². The summed E-state index contributed by atoms with van der Waals surface area (Å²) in [5, 5.41) is 0.686. The molecule has 0 spiro atoms. The average Bonchev–Trinajstić information content (AvgIpc) is 2.37. The van der Waals surface area contributed by atoms with Gasteiger partial charge in [-0.3, -0.25) is 0 Å². The monoisotopic (exact) mass is 305 g/mol. The second-order valence-electron chi connectivity index (χ2n) is 5.91. The van der Waals surface area contributed by atoms with E-state index in [0.717, 1.165) is 17.0 Å². The van der Waals surface area contributed by atoms with Crippen LogP contribution in [-0.4, -0.2) is 0 Å². The summed E-state index contributed by atoms with van der Waals surface area (Å²) in [5.41, 5.74) is 9.41. The summed E-state index contributed by atoms with van der Waals surface area (Å²) in [6, 6.07) is 14.4. The standard InChI is InChI=1S/C17H20ClNS/c1-17(2,3)13-5-8-15(9-6-13)20-11-12-4-7-14(18)10-16(12)19/h4-10H,11,19H2,1-3H3. The fourth-order valence-corrected chi connectivity index (χ4v) is 3.00. The Morgan fingerprint density at radius 3 is 2.25 bits per heavy atom. The molecule has 0 aromatic heterocycles.